The summed E-state index contributed by atoms with van der Waals surface area (Å²) in [5, 5.41) is 2.94. The van der Waals surface area contributed by atoms with Crippen LogP contribution in [-0.2, 0) is 27.7 Å². The van der Waals surface area contributed by atoms with Crippen molar-refractivity contribution in [2.24, 2.45) is 5.41 Å². The number of sulfonamides is 1. The summed E-state index contributed by atoms with van der Waals surface area (Å²) in [5.41, 5.74) is 2.85. The van der Waals surface area contributed by atoms with Crippen LogP contribution in [0.25, 0.3) is 0 Å². The van der Waals surface area contributed by atoms with E-state index in [1.54, 1.807) is 24.3 Å². The molecule has 0 aliphatic carbocycles. The molecule has 0 saturated carbocycles. The second-order valence-electron chi connectivity index (χ2n) is 8.79. The van der Waals surface area contributed by atoms with Crippen molar-refractivity contribution < 1.29 is 13.2 Å². The zero-order valence-electron chi connectivity index (χ0n) is 17.4. The van der Waals surface area contributed by atoms with E-state index in [1.165, 1.54) is 4.31 Å². The van der Waals surface area contributed by atoms with Gasteiger partial charge < -0.3 is 5.32 Å². The number of amides is 1. The lowest BCUT2D eigenvalue weighted by Crippen LogP contribution is -2.35. The Bertz CT molecular complexity index is 960. The number of carbonyl (C=O) groups is 1. The van der Waals surface area contributed by atoms with Crippen LogP contribution in [0.2, 0.25) is 0 Å². The van der Waals surface area contributed by atoms with E-state index >= 15 is 0 Å². The Morgan fingerprint density at radius 3 is 2.45 bits per heavy atom. The largest absolute Gasteiger partial charge is 0.356 e. The molecule has 1 N–H and O–H groups in total. The van der Waals surface area contributed by atoms with Crippen molar-refractivity contribution >= 4 is 21.6 Å². The molecule has 1 aliphatic heterocycles. The molecule has 29 heavy (non-hydrogen) atoms. The molecule has 1 aliphatic rings. The lowest BCUT2D eigenvalue weighted by atomic mass is 9.97. The van der Waals surface area contributed by atoms with E-state index in [9.17, 15) is 13.2 Å². The van der Waals surface area contributed by atoms with Gasteiger partial charge in [-0.3, -0.25) is 9.10 Å². The van der Waals surface area contributed by atoms with Gasteiger partial charge in [-0.2, -0.15) is 0 Å². The topological polar surface area (TPSA) is 66.5 Å². The first-order valence-corrected chi connectivity index (χ1v) is 11.6. The van der Waals surface area contributed by atoms with Gasteiger partial charge in [0.2, 0.25) is 5.91 Å². The molecule has 0 aromatic heterocycles. The maximum atomic E-state index is 13.2. The number of hydrogen-bond donors (Lipinski definition) is 1. The highest BCUT2D eigenvalue weighted by Gasteiger charge is 2.28. The minimum Gasteiger partial charge on any atom is -0.356 e. The number of nitrogens with one attached hydrogen (secondary N) is 1. The Morgan fingerprint density at radius 1 is 1.07 bits per heavy atom. The fourth-order valence-electron chi connectivity index (χ4n) is 3.41. The van der Waals surface area contributed by atoms with E-state index in [2.05, 4.69) is 26.1 Å². The number of carbonyl (C=O) groups excluding carboxylic acids is 1. The van der Waals surface area contributed by atoms with Gasteiger partial charge in [-0.25, -0.2) is 8.42 Å². The predicted molar refractivity (Wildman–Crippen MR) is 117 cm³/mol. The van der Waals surface area contributed by atoms with Gasteiger partial charge in [-0.05, 0) is 54.0 Å². The number of hydrogen-bond acceptors (Lipinski definition) is 3. The molecule has 5 nitrogen and oxygen atoms in total. The molecule has 2 aromatic rings. The Kier molecular flexibility index (Phi) is 6.32. The van der Waals surface area contributed by atoms with Crippen molar-refractivity contribution in [2.75, 3.05) is 17.4 Å². The summed E-state index contributed by atoms with van der Waals surface area (Å²) >= 11 is 0. The van der Waals surface area contributed by atoms with Crippen molar-refractivity contribution in [2.45, 2.75) is 51.3 Å². The van der Waals surface area contributed by atoms with E-state index in [-0.39, 0.29) is 16.2 Å². The van der Waals surface area contributed by atoms with Crippen LogP contribution >= 0.6 is 0 Å². The van der Waals surface area contributed by atoms with Crippen LogP contribution in [-0.4, -0.2) is 27.4 Å². The second kappa shape index (κ2) is 8.57. The molecule has 0 fully saturated rings. The smallest absolute Gasteiger partial charge is 0.264 e. The molecule has 0 spiro atoms. The molecule has 1 heterocycles. The zero-order chi connectivity index (χ0) is 21.1. The molecule has 0 bridgehead atoms. The van der Waals surface area contributed by atoms with Crippen LogP contribution in [0.5, 0.6) is 0 Å². The Hall–Kier alpha value is -2.34. The molecule has 2 aromatic carbocycles. The van der Waals surface area contributed by atoms with Crippen molar-refractivity contribution in [1.82, 2.24) is 5.32 Å². The van der Waals surface area contributed by atoms with E-state index < -0.39 is 10.0 Å². The molecular formula is C23H30N2O3S. The van der Waals surface area contributed by atoms with Crippen molar-refractivity contribution in [3.8, 4) is 0 Å². The summed E-state index contributed by atoms with van der Waals surface area (Å²) in [4.78, 5) is 12.3. The van der Waals surface area contributed by atoms with Gasteiger partial charge in [0.1, 0.15) is 0 Å². The second-order valence-corrected chi connectivity index (χ2v) is 10.7. The highest BCUT2D eigenvalue weighted by atomic mass is 32.2. The number of para-hydroxylation sites is 1. The van der Waals surface area contributed by atoms with Gasteiger partial charge >= 0.3 is 0 Å². The summed E-state index contributed by atoms with van der Waals surface area (Å²) in [7, 11) is -3.59. The molecule has 0 unspecified atom stereocenters. The first-order valence-electron chi connectivity index (χ1n) is 10.1. The van der Waals surface area contributed by atoms with E-state index in [0.717, 1.165) is 29.7 Å². The van der Waals surface area contributed by atoms with Gasteiger partial charge in [0.15, 0.2) is 0 Å². The molecule has 0 atom stereocenters. The van der Waals surface area contributed by atoms with E-state index in [1.807, 2.05) is 24.3 Å². The average Bonchev–Trinajstić information content (AvgIpc) is 2.70. The SMILES string of the molecule is CC(C)(C)CNC(=O)CCc1ccc(S(=O)(=O)N2CCCc3ccccc32)cc1. The minimum atomic E-state index is -3.59. The number of nitrogens with zero attached hydrogens (tertiary/aromatic N) is 1. The van der Waals surface area contributed by atoms with Crippen molar-refractivity contribution in [1.29, 1.82) is 0 Å². The first-order chi connectivity index (χ1) is 13.7. The molecule has 156 valence electrons. The lowest BCUT2D eigenvalue weighted by molar-refractivity contribution is -0.121. The maximum absolute atomic E-state index is 13.2. The van der Waals surface area contributed by atoms with Gasteiger partial charge in [-0.1, -0.05) is 51.1 Å². The molecular weight excluding hydrogens is 384 g/mol. The molecule has 0 radical (unpaired) electrons. The fourth-order valence-corrected chi connectivity index (χ4v) is 4.96. The third-order valence-corrected chi connectivity index (χ3v) is 6.86. The van der Waals surface area contributed by atoms with Crippen LogP contribution in [0.1, 0.15) is 44.7 Å². The number of aryl methyl sites for hydroxylation is 2. The molecule has 6 heteroatoms. The Labute approximate surface area is 174 Å². The van der Waals surface area contributed by atoms with Gasteiger partial charge in [-0.15, -0.1) is 0 Å². The van der Waals surface area contributed by atoms with Crippen LogP contribution < -0.4 is 9.62 Å². The summed E-state index contributed by atoms with van der Waals surface area (Å²) in [6, 6.07) is 14.6. The minimum absolute atomic E-state index is 0.0153. The summed E-state index contributed by atoms with van der Waals surface area (Å²) in [6.45, 7) is 7.36. The molecule has 1 amide bonds. The number of fused-ring (bicyclic) bond motifs is 1. The Morgan fingerprint density at radius 2 is 1.76 bits per heavy atom. The van der Waals surface area contributed by atoms with Gasteiger partial charge in [0.25, 0.3) is 10.0 Å². The molecule has 3 rings (SSSR count). The first kappa shape index (κ1) is 21.4. The van der Waals surface area contributed by atoms with Gasteiger partial charge in [0.05, 0.1) is 10.6 Å². The van der Waals surface area contributed by atoms with E-state index in [4.69, 9.17) is 0 Å². The van der Waals surface area contributed by atoms with Crippen LogP contribution in [0.3, 0.4) is 0 Å². The fraction of sp³-hybridized carbons (Fsp3) is 0.435. The monoisotopic (exact) mass is 414 g/mol. The van der Waals surface area contributed by atoms with Crippen LogP contribution in [0.4, 0.5) is 5.69 Å². The van der Waals surface area contributed by atoms with Gasteiger partial charge in [0, 0.05) is 19.5 Å². The summed E-state index contributed by atoms with van der Waals surface area (Å²) in [6.07, 6.45) is 2.70. The molecule has 0 saturated heterocycles. The summed E-state index contributed by atoms with van der Waals surface area (Å²) in [5.74, 6) is 0.0153. The highest BCUT2D eigenvalue weighted by molar-refractivity contribution is 7.92. The van der Waals surface area contributed by atoms with E-state index in [0.29, 0.717) is 25.9 Å². The van der Waals surface area contributed by atoms with Crippen molar-refractivity contribution in [3.63, 3.8) is 0 Å². The summed E-state index contributed by atoms with van der Waals surface area (Å²) < 4.78 is 27.9. The highest BCUT2D eigenvalue weighted by Crippen LogP contribution is 2.31. The number of anilines is 1. The normalized spacial score (nSPS) is 14.4. The number of benzene rings is 2. The van der Waals surface area contributed by atoms with Crippen LogP contribution in [0.15, 0.2) is 53.4 Å². The quantitative estimate of drug-likeness (QED) is 0.779. The third-order valence-electron chi connectivity index (χ3n) is 5.04. The Balaban J connectivity index is 1.66. The number of rotatable bonds is 6. The third kappa shape index (κ3) is 5.38. The lowest BCUT2D eigenvalue weighted by Gasteiger charge is -2.30. The predicted octanol–water partition coefficient (Wildman–Crippen LogP) is 3.92. The van der Waals surface area contributed by atoms with Crippen LogP contribution in [0, 0.1) is 5.41 Å². The average molecular weight is 415 g/mol. The van der Waals surface area contributed by atoms with Crippen molar-refractivity contribution in [3.05, 3.63) is 59.7 Å². The standard InChI is InChI=1S/C23H30N2O3S/c1-23(2,3)17-24-22(26)15-12-18-10-13-20(14-11-18)29(27,28)25-16-6-8-19-7-4-5-9-21(19)25/h4-5,7,9-11,13-14H,6,8,12,15-17H2,1-3H3,(H,24,26). The maximum Gasteiger partial charge on any atom is 0.264 e. The zero-order valence-corrected chi connectivity index (χ0v) is 18.3.